The minimum Gasteiger partial charge on any atom is -0.397 e. The molecule has 0 saturated carbocycles. The van der Waals surface area contributed by atoms with Crippen LogP contribution in [0.4, 0.5) is 17.1 Å². The minimum absolute atomic E-state index is 0.216. The molecule has 2 aliphatic heterocycles. The van der Waals surface area contributed by atoms with Gasteiger partial charge in [0.1, 0.15) is 16.2 Å². The number of piperazine rings is 2. The fourth-order valence-electron chi connectivity index (χ4n) is 4.86. The molecule has 0 aliphatic carbocycles. The van der Waals surface area contributed by atoms with Gasteiger partial charge >= 0.3 is 0 Å². The summed E-state index contributed by atoms with van der Waals surface area (Å²) in [7, 11) is 2.15. The van der Waals surface area contributed by atoms with Gasteiger partial charge in [-0.3, -0.25) is 4.79 Å². The summed E-state index contributed by atoms with van der Waals surface area (Å²) in [4.78, 5) is 32.0. The third-order valence-corrected chi connectivity index (χ3v) is 7.68. The van der Waals surface area contributed by atoms with E-state index in [0.29, 0.717) is 17.1 Å². The van der Waals surface area contributed by atoms with Gasteiger partial charge in [0.2, 0.25) is 0 Å². The number of aromatic amines is 2. The lowest BCUT2D eigenvalue weighted by molar-refractivity contribution is 0.313. The molecule has 0 amide bonds. The number of anilines is 3. The lowest BCUT2D eigenvalue weighted by Gasteiger charge is -2.34. The van der Waals surface area contributed by atoms with E-state index in [2.05, 4.69) is 54.5 Å². The number of hydrogen-bond acceptors (Lipinski definition) is 8. The molecule has 0 unspecified atom stereocenters. The molecule has 6 rings (SSSR count). The van der Waals surface area contributed by atoms with Crippen LogP contribution in [0.15, 0.2) is 28.4 Å². The zero-order chi connectivity index (χ0) is 22.5. The minimum atomic E-state index is -0.216. The average molecular weight is 465 g/mol. The van der Waals surface area contributed by atoms with Crippen molar-refractivity contribution in [1.29, 1.82) is 0 Å². The maximum absolute atomic E-state index is 13.0. The van der Waals surface area contributed by atoms with Crippen molar-refractivity contribution in [3.05, 3.63) is 33.9 Å². The zero-order valence-corrected chi connectivity index (χ0v) is 19.5. The molecule has 0 radical (unpaired) electrons. The Kier molecular flexibility index (Phi) is 5.01. The van der Waals surface area contributed by atoms with Gasteiger partial charge in [-0.15, -0.1) is 11.3 Å². The second-order valence-electron chi connectivity index (χ2n) is 8.88. The zero-order valence-electron chi connectivity index (χ0n) is 18.6. The lowest BCUT2D eigenvalue weighted by Crippen LogP contribution is -2.44. The van der Waals surface area contributed by atoms with Gasteiger partial charge in [-0.05, 0) is 25.2 Å². The molecule has 5 heterocycles. The van der Waals surface area contributed by atoms with E-state index >= 15 is 0 Å². The number of nitrogens with two attached hydrogens (primary N) is 1. The Labute approximate surface area is 195 Å². The summed E-state index contributed by atoms with van der Waals surface area (Å²) >= 11 is 1.53. The van der Waals surface area contributed by atoms with Gasteiger partial charge in [-0.2, -0.15) is 0 Å². The van der Waals surface area contributed by atoms with Gasteiger partial charge < -0.3 is 35.7 Å². The summed E-state index contributed by atoms with van der Waals surface area (Å²) in [5.74, 6) is 0.513. The van der Waals surface area contributed by atoms with Crippen molar-refractivity contribution in [3.63, 3.8) is 0 Å². The first kappa shape index (κ1) is 20.5. The van der Waals surface area contributed by atoms with E-state index in [9.17, 15) is 4.79 Å². The molecule has 0 spiro atoms. The Morgan fingerprint density at radius 1 is 1.03 bits per heavy atom. The Morgan fingerprint density at radius 3 is 2.61 bits per heavy atom. The highest BCUT2D eigenvalue weighted by Crippen LogP contribution is 2.39. The number of benzene rings is 1. The summed E-state index contributed by atoms with van der Waals surface area (Å²) in [6, 6.07) is 6.25. The largest absolute Gasteiger partial charge is 0.397 e. The van der Waals surface area contributed by atoms with E-state index in [4.69, 9.17) is 10.7 Å². The number of imidazole rings is 1. The summed E-state index contributed by atoms with van der Waals surface area (Å²) in [6.07, 6.45) is 0. The molecule has 2 aliphatic rings. The second-order valence-corrected chi connectivity index (χ2v) is 9.76. The monoisotopic (exact) mass is 464 g/mol. The fraction of sp³-hybridized carbons (Fsp3) is 0.391. The van der Waals surface area contributed by atoms with Crippen LogP contribution in [0, 0.1) is 0 Å². The summed E-state index contributed by atoms with van der Waals surface area (Å²) < 4.78 is 0. The molecular formula is C23H28N8OS. The predicted octanol–water partition coefficient (Wildman–Crippen LogP) is 1.88. The van der Waals surface area contributed by atoms with Gasteiger partial charge in [-0.25, -0.2) is 4.98 Å². The normalized spacial score (nSPS) is 18.0. The van der Waals surface area contributed by atoms with E-state index in [0.717, 1.165) is 79.3 Å². The van der Waals surface area contributed by atoms with Crippen LogP contribution in [0.1, 0.15) is 0 Å². The van der Waals surface area contributed by atoms with Crippen molar-refractivity contribution < 1.29 is 0 Å². The number of thiophene rings is 1. The van der Waals surface area contributed by atoms with Crippen molar-refractivity contribution in [2.45, 2.75) is 0 Å². The average Bonchev–Trinajstić information content (AvgIpc) is 3.44. The molecule has 33 heavy (non-hydrogen) atoms. The molecule has 2 saturated heterocycles. The Bertz CT molecular complexity index is 1370. The maximum atomic E-state index is 13.0. The summed E-state index contributed by atoms with van der Waals surface area (Å²) in [5.41, 5.74) is 11.3. The van der Waals surface area contributed by atoms with Crippen molar-refractivity contribution in [2.24, 2.45) is 0 Å². The highest BCUT2D eigenvalue weighted by atomic mass is 32.1. The maximum Gasteiger partial charge on any atom is 0.262 e. The number of nitrogens with zero attached hydrogens (tertiary/aromatic N) is 4. The highest BCUT2D eigenvalue weighted by Gasteiger charge is 2.23. The van der Waals surface area contributed by atoms with E-state index < -0.39 is 0 Å². The van der Waals surface area contributed by atoms with Crippen molar-refractivity contribution in [2.75, 3.05) is 74.9 Å². The van der Waals surface area contributed by atoms with Crippen LogP contribution in [0.25, 0.3) is 32.6 Å². The van der Waals surface area contributed by atoms with Crippen LogP contribution in [-0.4, -0.2) is 79.3 Å². The predicted molar refractivity (Wildman–Crippen MR) is 137 cm³/mol. The van der Waals surface area contributed by atoms with Crippen LogP contribution in [0.2, 0.25) is 0 Å². The number of hydrogen-bond donors (Lipinski definition) is 4. The Hall–Kier alpha value is -3.08. The molecule has 0 atom stereocenters. The van der Waals surface area contributed by atoms with Gasteiger partial charge in [0.05, 0.1) is 27.8 Å². The number of rotatable bonds is 3. The quantitative estimate of drug-likeness (QED) is 0.367. The summed E-state index contributed by atoms with van der Waals surface area (Å²) in [6.45, 7) is 7.80. The number of nitrogen functional groups attached to an aromatic ring is 1. The van der Waals surface area contributed by atoms with E-state index in [1.54, 1.807) is 0 Å². The van der Waals surface area contributed by atoms with Gasteiger partial charge in [0, 0.05) is 63.4 Å². The molecule has 1 aromatic carbocycles. The first-order chi connectivity index (χ1) is 16.1. The highest BCUT2D eigenvalue weighted by molar-refractivity contribution is 7.17. The second kappa shape index (κ2) is 8.05. The molecule has 3 aromatic heterocycles. The standard InChI is InChI=1S/C23H28N8OS/c1-29-8-10-30(11-9-29)14-2-3-15-16(12-14)27-21(26-15)19-20(24)18-17(31-6-4-25-5-7-31)13-33-23(18)28-22(19)32/h2-3,12-13,25H,4-11H2,1H3,(H,26,27)(H3,24,28,32). The van der Waals surface area contributed by atoms with Crippen LogP contribution in [0.3, 0.4) is 0 Å². The molecule has 0 bridgehead atoms. The van der Waals surface area contributed by atoms with Crippen LogP contribution in [0.5, 0.6) is 0 Å². The third-order valence-electron chi connectivity index (χ3n) is 6.79. The number of pyridine rings is 1. The Morgan fingerprint density at radius 2 is 1.82 bits per heavy atom. The molecule has 5 N–H and O–H groups in total. The SMILES string of the molecule is CN1CCN(c2ccc3nc(-c4c(N)c5c(N6CCNCC6)csc5[nH]c4=O)[nH]c3c2)CC1. The van der Waals surface area contributed by atoms with E-state index in [1.807, 2.05) is 6.07 Å². The first-order valence-electron chi connectivity index (χ1n) is 11.4. The van der Waals surface area contributed by atoms with E-state index in [-0.39, 0.29) is 5.56 Å². The molecule has 172 valence electrons. The molecular weight excluding hydrogens is 436 g/mol. The Balaban J connectivity index is 1.42. The molecule has 9 nitrogen and oxygen atoms in total. The van der Waals surface area contributed by atoms with Gasteiger partial charge in [0.15, 0.2) is 0 Å². The number of nitrogens with one attached hydrogen (secondary N) is 3. The van der Waals surface area contributed by atoms with Crippen molar-refractivity contribution in [3.8, 4) is 11.4 Å². The first-order valence-corrected chi connectivity index (χ1v) is 12.3. The van der Waals surface area contributed by atoms with Crippen molar-refractivity contribution in [1.82, 2.24) is 25.2 Å². The van der Waals surface area contributed by atoms with Gasteiger partial charge in [-0.1, -0.05) is 0 Å². The van der Waals surface area contributed by atoms with E-state index in [1.165, 1.54) is 17.0 Å². The van der Waals surface area contributed by atoms with Crippen LogP contribution < -0.4 is 26.4 Å². The smallest absolute Gasteiger partial charge is 0.262 e. The van der Waals surface area contributed by atoms with Crippen molar-refractivity contribution >= 4 is 49.6 Å². The topological polar surface area (TPSA) is 109 Å². The number of H-pyrrole nitrogens is 2. The molecule has 4 aromatic rings. The molecule has 10 heteroatoms. The van der Waals surface area contributed by atoms with Gasteiger partial charge in [0.25, 0.3) is 5.56 Å². The number of likely N-dealkylation sites (N-methyl/N-ethyl adjacent to an activating group) is 1. The number of aromatic nitrogens is 3. The summed E-state index contributed by atoms with van der Waals surface area (Å²) in [5, 5.41) is 6.39. The fourth-order valence-corrected chi connectivity index (χ4v) is 5.85. The number of fused-ring (bicyclic) bond motifs is 2. The molecule has 2 fully saturated rings. The lowest BCUT2D eigenvalue weighted by atomic mass is 10.1. The third kappa shape index (κ3) is 3.54. The van der Waals surface area contributed by atoms with Crippen LogP contribution >= 0.6 is 11.3 Å². The van der Waals surface area contributed by atoms with Crippen LogP contribution in [-0.2, 0) is 0 Å².